The first-order chi connectivity index (χ1) is 10.0. The molecule has 118 valence electrons. The van der Waals surface area contributed by atoms with Crippen LogP contribution in [-0.2, 0) is 4.74 Å². The van der Waals surface area contributed by atoms with Crippen LogP contribution in [0.2, 0.25) is 0 Å². The van der Waals surface area contributed by atoms with Crippen LogP contribution in [-0.4, -0.2) is 48.5 Å². The molecule has 1 aromatic carbocycles. The third-order valence-electron chi connectivity index (χ3n) is 3.60. The predicted octanol–water partition coefficient (Wildman–Crippen LogP) is 2.62. The maximum Gasteiger partial charge on any atom is 0.119 e. The third-order valence-corrected chi connectivity index (χ3v) is 3.60. The molecular formula is C17H27NO3. The van der Waals surface area contributed by atoms with Crippen molar-refractivity contribution in [2.24, 2.45) is 0 Å². The quantitative estimate of drug-likeness (QED) is 0.906. The number of aliphatic hydroxyl groups is 1. The highest BCUT2D eigenvalue weighted by atomic mass is 16.5. The molecule has 0 spiro atoms. The van der Waals surface area contributed by atoms with Gasteiger partial charge in [-0.3, -0.25) is 4.90 Å². The Kier molecular flexibility index (Phi) is 6.03. The first-order valence-electron chi connectivity index (χ1n) is 7.83. The minimum Gasteiger partial charge on any atom is -0.491 e. The lowest BCUT2D eigenvalue weighted by Gasteiger charge is -2.24. The zero-order valence-electron chi connectivity index (χ0n) is 13.3. The summed E-state index contributed by atoms with van der Waals surface area (Å²) in [5.74, 6) is 0.845. The topological polar surface area (TPSA) is 41.9 Å². The van der Waals surface area contributed by atoms with Crippen molar-refractivity contribution in [1.82, 2.24) is 4.90 Å². The average Bonchev–Trinajstić information content (AvgIpc) is 2.63. The smallest absolute Gasteiger partial charge is 0.119 e. The Balaban J connectivity index is 1.91. The summed E-state index contributed by atoms with van der Waals surface area (Å²) in [5, 5.41) is 10.4. The van der Waals surface area contributed by atoms with E-state index in [9.17, 15) is 5.11 Å². The van der Waals surface area contributed by atoms with Gasteiger partial charge in [-0.05, 0) is 44.9 Å². The largest absolute Gasteiger partial charge is 0.491 e. The summed E-state index contributed by atoms with van der Waals surface area (Å²) in [7, 11) is 0. The van der Waals surface area contributed by atoms with E-state index in [-0.39, 0.29) is 12.2 Å². The van der Waals surface area contributed by atoms with E-state index in [4.69, 9.17) is 9.47 Å². The normalized spacial score (nSPS) is 22.0. The van der Waals surface area contributed by atoms with E-state index in [0.717, 1.165) is 37.4 Å². The van der Waals surface area contributed by atoms with Crippen LogP contribution in [0.25, 0.3) is 0 Å². The minimum absolute atomic E-state index is 0.166. The fraction of sp³-hybridized carbons (Fsp3) is 0.647. The number of hydrogen-bond acceptors (Lipinski definition) is 4. The number of aliphatic hydroxyl groups excluding tert-OH is 1. The lowest BCUT2D eigenvalue weighted by atomic mass is 10.1. The molecule has 2 atom stereocenters. The van der Waals surface area contributed by atoms with Crippen molar-refractivity contribution in [2.75, 3.05) is 26.2 Å². The summed E-state index contributed by atoms with van der Waals surface area (Å²) < 4.78 is 11.3. The van der Waals surface area contributed by atoms with Crippen LogP contribution in [0.5, 0.6) is 5.75 Å². The zero-order chi connectivity index (χ0) is 15.2. The highest BCUT2D eigenvalue weighted by Gasteiger charge is 2.18. The molecular weight excluding hydrogens is 266 g/mol. The van der Waals surface area contributed by atoms with Gasteiger partial charge in [-0.2, -0.15) is 0 Å². The Hall–Kier alpha value is -1.10. The van der Waals surface area contributed by atoms with E-state index >= 15 is 0 Å². The molecule has 2 unspecified atom stereocenters. The van der Waals surface area contributed by atoms with Gasteiger partial charge in [0.05, 0.1) is 18.3 Å². The van der Waals surface area contributed by atoms with E-state index in [1.165, 1.54) is 0 Å². The Morgan fingerprint density at radius 2 is 2.05 bits per heavy atom. The van der Waals surface area contributed by atoms with Crippen molar-refractivity contribution in [3.63, 3.8) is 0 Å². The summed E-state index contributed by atoms with van der Waals surface area (Å²) in [5.41, 5.74) is 0.934. The van der Waals surface area contributed by atoms with Crippen LogP contribution in [0.15, 0.2) is 24.3 Å². The van der Waals surface area contributed by atoms with Crippen LogP contribution in [0.3, 0.4) is 0 Å². The third kappa shape index (κ3) is 5.30. The molecule has 0 saturated carbocycles. The van der Waals surface area contributed by atoms with Crippen LogP contribution < -0.4 is 4.74 Å². The first kappa shape index (κ1) is 16.3. The maximum atomic E-state index is 10.4. The molecule has 1 fully saturated rings. The van der Waals surface area contributed by atoms with Crippen molar-refractivity contribution in [3.8, 4) is 5.75 Å². The molecule has 1 N–H and O–H groups in total. The molecule has 2 rings (SSSR count). The maximum absolute atomic E-state index is 10.4. The van der Waals surface area contributed by atoms with Gasteiger partial charge < -0.3 is 14.6 Å². The number of nitrogens with zero attached hydrogens (tertiary/aromatic N) is 1. The van der Waals surface area contributed by atoms with Gasteiger partial charge in [-0.15, -0.1) is 0 Å². The van der Waals surface area contributed by atoms with Gasteiger partial charge in [0.2, 0.25) is 0 Å². The second-order valence-corrected chi connectivity index (χ2v) is 6.05. The van der Waals surface area contributed by atoms with Crippen molar-refractivity contribution in [2.45, 2.75) is 45.5 Å². The highest BCUT2D eigenvalue weighted by Crippen LogP contribution is 2.20. The van der Waals surface area contributed by atoms with Gasteiger partial charge in [0.1, 0.15) is 5.75 Å². The summed E-state index contributed by atoms with van der Waals surface area (Å²) in [6.07, 6.45) is 0.961. The van der Waals surface area contributed by atoms with Gasteiger partial charge in [-0.1, -0.05) is 12.1 Å². The van der Waals surface area contributed by atoms with Crippen molar-refractivity contribution in [1.29, 1.82) is 0 Å². The molecule has 1 aliphatic rings. The molecule has 1 saturated heterocycles. The Labute approximate surface area is 127 Å². The number of rotatable bonds is 5. The first-order valence-corrected chi connectivity index (χ1v) is 7.83. The second kappa shape index (κ2) is 7.78. The number of benzene rings is 1. The lowest BCUT2D eigenvalue weighted by molar-refractivity contribution is 0.0562. The molecule has 0 radical (unpaired) electrons. The Morgan fingerprint density at radius 3 is 2.71 bits per heavy atom. The molecule has 4 nitrogen and oxygen atoms in total. The van der Waals surface area contributed by atoms with Crippen LogP contribution in [0.4, 0.5) is 0 Å². The molecule has 0 aliphatic carbocycles. The number of ether oxygens (including phenoxy) is 2. The number of hydrogen-bond donors (Lipinski definition) is 1. The van der Waals surface area contributed by atoms with Crippen LogP contribution in [0, 0.1) is 0 Å². The highest BCUT2D eigenvalue weighted by molar-refractivity contribution is 5.28. The van der Waals surface area contributed by atoms with E-state index in [1.54, 1.807) is 0 Å². The van der Waals surface area contributed by atoms with Crippen molar-refractivity contribution in [3.05, 3.63) is 29.8 Å². The standard InChI is InChI=1S/C17H27NO3/c1-13(2)21-16-7-5-15(6-8-16)17(19)12-18-9-4-10-20-14(3)11-18/h5-8,13-14,17,19H,4,9-12H2,1-3H3. The van der Waals surface area contributed by atoms with Crippen molar-refractivity contribution >= 4 is 0 Å². The number of β-amino-alcohol motifs (C(OH)–C–C–N with tert-alkyl or cyclic N) is 1. The van der Waals surface area contributed by atoms with Crippen LogP contribution in [0.1, 0.15) is 38.9 Å². The Morgan fingerprint density at radius 1 is 1.33 bits per heavy atom. The summed E-state index contributed by atoms with van der Waals surface area (Å²) in [6.45, 7) is 9.42. The SMILES string of the molecule is CC(C)Oc1ccc(C(O)CN2CCCOC(C)C2)cc1. The summed E-state index contributed by atoms with van der Waals surface area (Å²) >= 11 is 0. The van der Waals surface area contributed by atoms with Crippen LogP contribution >= 0.6 is 0 Å². The summed E-state index contributed by atoms with van der Waals surface area (Å²) in [6, 6.07) is 7.74. The molecule has 0 aromatic heterocycles. The monoisotopic (exact) mass is 293 g/mol. The van der Waals surface area contributed by atoms with Gasteiger partial charge in [0.15, 0.2) is 0 Å². The minimum atomic E-state index is -0.469. The fourth-order valence-corrected chi connectivity index (χ4v) is 2.64. The fourth-order valence-electron chi connectivity index (χ4n) is 2.64. The lowest BCUT2D eigenvalue weighted by Crippen LogP contribution is -2.33. The van der Waals surface area contributed by atoms with E-state index in [2.05, 4.69) is 11.8 Å². The van der Waals surface area contributed by atoms with Gasteiger partial charge in [-0.25, -0.2) is 0 Å². The zero-order valence-corrected chi connectivity index (χ0v) is 13.3. The molecule has 21 heavy (non-hydrogen) atoms. The van der Waals surface area contributed by atoms with Gasteiger partial charge in [0.25, 0.3) is 0 Å². The molecule has 1 aromatic rings. The molecule has 0 bridgehead atoms. The summed E-state index contributed by atoms with van der Waals surface area (Å²) in [4.78, 5) is 2.28. The molecule has 1 heterocycles. The van der Waals surface area contributed by atoms with E-state index < -0.39 is 6.10 Å². The van der Waals surface area contributed by atoms with Gasteiger partial charge in [0, 0.05) is 26.2 Å². The molecule has 0 amide bonds. The van der Waals surface area contributed by atoms with Crippen molar-refractivity contribution < 1.29 is 14.6 Å². The second-order valence-electron chi connectivity index (χ2n) is 6.05. The Bertz CT molecular complexity index is 419. The van der Waals surface area contributed by atoms with Gasteiger partial charge >= 0.3 is 0 Å². The van der Waals surface area contributed by atoms with E-state index in [0.29, 0.717) is 6.54 Å². The molecule has 4 heteroatoms. The van der Waals surface area contributed by atoms with E-state index in [1.807, 2.05) is 38.1 Å². The predicted molar refractivity (Wildman–Crippen MR) is 83.6 cm³/mol. The average molecular weight is 293 g/mol. The molecule has 1 aliphatic heterocycles.